The van der Waals surface area contributed by atoms with Crippen LogP contribution in [0.1, 0.15) is 39.9 Å². The molecule has 8 nitrogen and oxygen atoms in total. The molecule has 2 aromatic carbocycles. The lowest BCUT2D eigenvalue weighted by molar-refractivity contribution is -0.109. The zero-order valence-corrected chi connectivity index (χ0v) is 23.9. The lowest BCUT2D eigenvalue weighted by Gasteiger charge is -2.38. The SMILES string of the molecule is Cc1ccc(OCc2ccc(C(=O)N3CCOCC3)cc2C)c(-c2csc(N3C[C@H]4CC[C@@H](C3)C4C(O)O)n2)c1. The van der Waals surface area contributed by atoms with Crippen molar-refractivity contribution in [2.75, 3.05) is 44.3 Å². The highest BCUT2D eigenvalue weighted by atomic mass is 32.1. The first kappa shape index (κ1) is 27.2. The average Bonchev–Trinajstić information content (AvgIpc) is 3.55. The molecular formula is C31H37N3O5S. The van der Waals surface area contributed by atoms with Gasteiger partial charge in [-0.1, -0.05) is 17.7 Å². The average molecular weight is 564 g/mol. The zero-order valence-electron chi connectivity index (χ0n) is 23.1. The van der Waals surface area contributed by atoms with Crippen LogP contribution in [0.2, 0.25) is 0 Å². The van der Waals surface area contributed by atoms with Gasteiger partial charge in [0.15, 0.2) is 11.4 Å². The minimum Gasteiger partial charge on any atom is -0.488 e. The molecule has 212 valence electrons. The molecule has 0 spiro atoms. The van der Waals surface area contributed by atoms with Crippen LogP contribution in [0, 0.1) is 31.6 Å². The summed E-state index contributed by atoms with van der Waals surface area (Å²) in [6.07, 6.45) is 0.849. The number of carbonyl (C=O) groups is 1. The molecule has 1 saturated carbocycles. The van der Waals surface area contributed by atoms with Gasteiger partial charge in [0, 0.05) is 48.6 Å². The standard InChI is InChI=1S/C31H37N3O5S/c1-19-3-8-27(39-17-24-7-4-21(14-20(24)2)29(35)33-9-11-38-12-10-33)25(13-19)26-18-40-31(32-26)34-15-22-5-6-23(16-34)28(22)30(36)37/h3-4,7-8,13-14,18,22-23,28,30,36-37H,5-6,9-12,15-17H2,1-2H3/t22-,23+,28?. The maximum atomic E-state index is 12.9. The predicted molar refractivity (Wildman–Crippen MR) is 155 cm³/mol. The van der Waals surface area contributed by atoms with Crippen molar-refractivity contribution in [3.05, 3.63) is 64.0 Å². The molecule has 3 fully saturated rings. The third kappa shape index (κ3) is 5.48. The Bertz CT molecular complexity index is 1350. The number of fused-ring (bicyclic) bond motifs is 2. The van der Waals surface area contributed by atoms with E-state index in [4.69, 9.17) is 14.5 Å². The minimum atomic E-state index is -1.23. The Balaban J connectivity index is 1.16. The van der Waals surface area contributed by atoms with Crippen molar-refractivity contribution in [3.8, 4) is 17.0 Å². The van der Waals surface area contributed by atoms with Gasteiger partial charge in [-0.3, -0.25) is 4.79 Å². The van der Waals surface area contributed by atoms with E-state index < -0.39 is 6.29 Å². The van der Waals surface area contributed by atoms with Gasteiger partial charge in [-0.05, 0) is 73.9 Å². The van der Waals surface area contributed by atoms with Gasteiger partial charge in [0.1, 0.15) is 12.4 Å². The van der Waals surface area contributed by atoms with Crippen LogP contribution in [0.5, 0.6) is 5.75 Å². The second kappa shape index (κ2) is 11.5. The summed E-state index contributed by atoms with van der Waals surface area (Å²) < 4.78 is 11.7. The van der Waals surface area contributed by atoms with E-state index >= 15 is 0 Å². The maximum absolute atomic E-state index is 12.9. The Labute approximate surface area is 239 Å². The number of hydrogen-bond donors (Lipinski definition) is 2. The number of morpholine rings is 1. The zero-order chi connectivity index (χ0) is 27.8. The van der Waals surface area contributed by atoms with Crippen LogP contribution < -0.4 is 9.64 Å². The molecule has 40 heavy (non-hydrogen) atoms. The number of piperidine rings is 1. The second-order valence-corrected chi connectivity index (χ2v) is 12.2. The lowest BCUT2D eigenvalue weighted by atomic mass is 9.85. The molecule has 3 heterocycles. The van der Waals surface area contributed by atoms with E-state index in [2.05, 4.69) is 23.3 Å². The first-order valence-corrected chi connectivity index (χ1v) is 15.0. The minimum absolute atomic E-state index is 0.0255. The molecule has 1 aliphatic carbocycles. The predicted octanol–water partition coefficient (Wildman–Crippen LogP) is 4.25. The summed E-state index contributed by atoms with van der Waals surface area (Å²) in [4.78, 5) is 22.1. The molecule has 6 rings (SSSR count). The number of aromatic nitrogens is 1. The first-order valence-electron chi connectivity index (χ1n) is 14.1. The number of nitrogens with zero attached hydrogens (tertiary/aromatic N) is 3. The molecule has 0 radical (unpaired) electrons. The molecule has 3 aromatic rings. The van der Waals surface area contributed by atoms with Crippen LogP contribution in [0.15, 0.2) is 41.8 Å². The fourth-order valence-corrected chi connectivity index (χ4v) is 7.35. The Morgan fingerprint density at radius 2 is 1.85 bits per heavy atom. The summed E-state index contributed by atoms with van der Waals surface area (Å²) in [5.41, 5.74) is 5.74. The summed E-state index contributed by atoms with van der Waals surface area (Å²) >= 11 is 1.63. The van der Waals surface area contributed by atoms with Gasteiger partial charge in [0.05, 0.1) is 18.9 Å². The number of rotatable bonds is 7. The normalized spacial score (nSPS) is 22.7. The van der Waals surface area contributed by atoms with Gasteiger partial charge in [-0.15, -0.1) is 11.3 Å². The molecule has 2 aliphatic heterocycles. The fraction of sp³-hybridized carbons (Fsp3) is 0.484. The molecule has 2 saturated heterocycles. The Morgan fingerprint density at radius 3 is 2.55 bits per heavy atom. The summed E-state index contributed by atoms with van der Waals surface area (Å²) in [5.74, 6) is 1.38. The van der Waals surface area contributed by atoms with Gasteiger partial charge in [-0.2, -0.15) is 0 Å². The van der Waals surface area contributed by atoms with Crippen molar-refractivity contribution in [1.29, 1.82) is 0 Å². The Kier molecular flexibility index (Phi) is 7.81. The van der Waals surface area contributed by atoms with Gasteiger partial charge >= 0.3 is 0 Å². The smallest absolute Gasteiger partial charge is 0.254 e. The monoisotopic (exact) mass is 563 g/mol. The van der Waals surface area contributed by atoms with E-state index in [9.17, 15) is 15.0 Å². The Hall–Kier alpha value is -2.98. The molecule has 2 N–H and O–H groups in total. The van der Waals surface area contributed by atoms with Crippen molar-refractivity contribution < 1.29 is 24.5 Å². The summed E-state index contributed by atoms with van der Waals surface area (Å²) in [6.45, 7) is 8.53. The molecule has 1 amide bonds. The van der Waals surface area contributed by atoms with Gasteiger partial charge < -0.3 is 29.5 Å². The number of benzene rings is 2. The number of thiazole rings is 1. The van der Waals surface area contributed by atoms with Gasteiger partial charge in [0.2, 0.25) is 0 Å². The highest BCUT2D eigenvalue weighted by Crippen LogP contribution is 2.45. The van der Waals surface area contributed by atoms with Crippen LogP contribution in [-0.2, 0) is 11.3 Å². The number of aliphatic hydroxyl groups excluding tert-OH is 1. The van der Waals surface area contributed by atoms with E-state index in [0.717, 1.165) is 64.8 Å². The molecule has 1 aromatic heterocycles. The number of carbonyl (C=O) groups excluding carboxylic acids is 1. The maximum Gasteiger partial charge on any atom is 0.254 e. The van der Waals surface area contributed by atoms with E-state index in [1.54, 1.807) is 11.3 Å². The van der Waals surface area contributed by atoms with E-state index in [-0.39, 0.29) is 11.8 Å². The summed E-state index contributed by atoms with van der Waals surface area (Å²) in [5, 5.41) is 22.8. The molecule has 3 atom stereocenters. The Morgan fingerprint density at radius 1 is 1.10 bits per heavy atom. The lowest BCUT2D eigenvalue weighted by Crippen LogP contribution is -2.46. The second-order valence-electron chi connectivity index (χ2n) is 11.3. The van der Waals surface area contributed by atoms with Crippen molar-refractivity contribution in [1.82, 2.24) is 9.88 Å². The molecular weight excluding hydrogens is 526 g/mol. The number of hydrogen-bond acceptors (Lipinski definition) is 8. The van der Waals surface area contributed by atoms with Gasteiger partial charge in [0.25, 0.3) is 5.91 Å². The van der Waals surface area contributed by atoms with E-state index in [0.29, 0.717) is 50.3 Å². The number of aliphatic hydroxyl groups is 2. The van der Waals surface area contributed by atoms with Crippen molar-refractivity contribution in [2.24, 2.45) is 17.8 Å². The van der Waals surface area contributed by atoms with Crippen molar-refractivity contribution in [3.63, 3.8) is 0 Å². The highest BCUT2D eigenvalue weighted by molar-refractivity contribution is 7.14. The summed E-state index contributed by atoms with van der Waals surface area (Å²) in [7, 11) is 0. The van der Waals surface area contributed by atoms with Crippen molar-refractivity contribution >= 4 is 22.4 Å². The van der Waals surface area contributed by atoms with E-state index in [1.807, 2.05) is 42.2 Å². The van der Waals surface area contributed by atoms with Crippen LogP contribution in [0.4, 0.5) is 5.13 Å². The van der Waals surface area contributed by atoms with Crippen LogP contribution in [0.25, 0.3) is 11.3 Å². The number of amides is 1. The van der Waals surface area contributed by atoms with Crippen LogP contribution in [-0.4, -0.2) is 71.7 Å². The number of ether oxygens (including phenoxy) is 2. The van der Waals surface area contributed by atoms with Crippen molar-refractivity contribution in [2.45, 2.75) is 39.6 Å². The largest absolute Gasteiger partial charge is 0.488 e. The third-order valence-electron chi connectivity index (χ3n) is 8.70. The summed E-state index contributed by atoms with van der Waals surface area (Å²) in [6, 6.07) is 12.0. The number of aryl methyl sites for hydroxylation is 2. The molecule has 3 aliphatic rings. The van der Waals surface area contributed by atoms with Crippen LogP contribution in [0.3, 0.4) is 0 Å². The molecule has 9 heteroatoms. The quantitative estimate of drug-likeness (QED) is 0.415. The fourth-order valence-electron chi connectivity index (χ4n) is 6.51. The van der Waals surface area contributed by atoms with E-state index in [1.165, 1.54) is 0 Å². The molecule has 1 unspecified atom stereocenters. The third-order valence-corrected chi connectivity index (χ3v) is 9.60. The number of anilines is 1. The molecule has 2 bridgehead atoms. The highest BCUT2D eigenvalue weighted by Gasteiger charge is 2.45. The first-order chi connectivity index (χ1) is 19.4. The topological polar surface area (TPSA) is 95.4 Å². The van der Waals surface area contributed by atoms with Crippen LogP contribution >= 0.6 is 11.3 Å². The van der Waals surface area contributed by atoms with Gasteiger partial charge in [-0.25, -0.2) is 4.98 Å².